The van der Waals surface area contributed by atoms with Crippen molar-refractivity contribution in [1.29, 1.82) is 0 Å². The first-order valence-corrected chi connectivity index (χ1v) is 4.18. The van der Waals surface area contributed by atoms with Crippen LogP contribution < -0.4 is 5.32 Å². The SMILES string of the molecule is C=CCCC[C@@H](NC(C)=O)C(=O)O. The van der Waals surface area contributed by atoms with E-state index in [0.29, 0.717) is 6.42 Å². The predicted octanol–water partition coefficient (Wildman–Crippen LogP) is 0.932. The van der Waals surface area contributed by atoms with Crippen molar-refractivity contribution >= 4 is 11.9 Å². The van der Waals surface area contributed by atoms with Crippen molar-refractivity contribution in [2.45, 2.75) is 32.2 Å². The van der Waals surface area contributed by atoms with Gasteiger partial charge in [0.25, 0.3) is 0 Å². The van der Waals surface area contributed by atoms with Crippen molar-refractivity contribution in [3.63, 3.8) is 0 Å². The summed E-state index contributed by atoms with van der Waals surface area (Å²) in [5.41, 5.74) is 0. The molecule has 0 aromatic carbocycles. The molecule has 0 radical (unpaired) electrons. The van der Waals surface area contributed by atoms with E-state index in [1.165, 1.54) is 6.92 Å². The van der Waals surface area contributed by atoms with Crippen LogP contribution in [0.25, 0.3) is 0 Å². The molecule has 2 N–H and O–H groups in total. The molecule has 0 bridgehead atoms. The van der Waals surface area contributed by atoms with E-state index in [1.807, 2.05) is 0 Å². The molecule has 0 aliphatic carbocycles. The maximum atomic E-state index is 10.6. The molecule has 0 fully saturated rings. The zero-order valence-corrected chi connectivity index (χ0v) is 7.75. The first kappa shape index (κ1) is 11.7. The number of carboxylic acids is 1. The van der Waals surface area contributed by atoms with Crippen LogP contribution in [0.2, 0.25) is 0 Å². The lowest BCUT2D eigenvalue weighted by molar-refractivity contribution is -0.141. The number of nitrogens with one attached hydrogen (secondary N) is 1. The molecule has 4 nitrogen and oxygen atoms in total. The molecule has 1 amide bonds. The van der Waals surface area contributed by atoms with Gasteiger partial charge < -0.3 is 10.4 Å². The Hall–Kier alpha value is -1.32. The molecule has 0 saturated heterocycles. The number of aliphatic carboxylic acids is 1. The van der Waals surface area contributed by atoms with Crippen LogP contribution in [-0.4, -0.2) is 23.0 Å². The lowest BCUT2D eigenvalue weighted by Gasteiger charge is -2.11. The molecule has 0 unspecified atom stereocenters. The third kappa shape index (κ3) is 5.90. The molecule has 0 saturated carbocycles. The first-order chi connectivity index (χ1) is 6.07. The van der Waals surface area contributed by atoms with Crippen molar-refractivity contribution in [3.05, 3.63) is 12.7 Å². The van der Waals surface area contributed by atoms with E-state index in [1.54, 1.807) is 6.08 Å². The number of unbranched alkanes of at least 4 members (excludes halogenated alkanes) is 1. The average Bonchev–Trinajstić information content (AvgIpc) is 2.02. The van der Waals surface area contributed by atoms with Crippen LogP contribution in [0.15, 0.2) is 12.7 Å². The maximum Gasteiger partial charge on any atom is 0.326 e. The Bertz CT molecular complexity index is 201. The van der Waals surface area contributed by atoms with Crippen molar-refractivity contribution in [3.8, 4) is 0 Å². The maximum absolute atomic E-state index is 10.6. The van der Waals surface area contributed by atoms with Crippen molar-refractivity contribution in [2.24, 2.45) is 0 Å². The fourth-order valence-corrected chi connectivity index (χ4v) is 0.969. The molecule has 0 spiro atoms. The van der Waals surface area contributed by atoms with E-state index in [4.69, 9.17) is 5.11 Å². The molecule has 0 aliphatic heterocycles. The van der Waals surface area contributed by atoms with Crippen LogP contribution in [0.4, 0.5) is 0 Å². The standard InChI is InChI=1S/C9H15NO3/c1-3-4-5-6-8(9(12)13)10-7(2)11/h3,8H,1,4-6H2,2H3,(H,10,11)(H,12,13)/t8-/m1/s1. The van der Waals surface area contributed by atoms with Gasteiger partial charge in [-0.1, -0.05) is 6.08 Å². The highest BCUT2D eigenvalue weighted by Gasteiger charge is 2.16. The van der Waals surface area contributed by atoms with E-state index in [0.717, 1.165) is 12.8 Å². The molecule has 74 valence electrons. The Morgan fingerprint density at radius 3 is 2.62 bits per heavy atom. The number of amides is 1. The van der Waals surface area contributed by atoms with Crippen LogP contribution in [0.3, 0.4) is 0 Å². The van der Waals surface area contributed by atoms with Gasteiger partial charge in [0.2, 0.25) is 5.91 Å². The zero-order chi connectivity index (χ0) is 10.3. The van der Waals surface area contributed by atoms with E-state index < -0.39 is 12.0 Å². The molecule has 0 aromatic rings. The average molecular weight is 185 g/mol. The van der Waals surface area contributed by atoms with Gasteiger partial charge in [0.1, 0.15) is 6.04 Å². The van der Waals surface area contributed by atoms with E-state index in [-0.39, 0.29) is 5.91 Å². The van der Waals surface area contributed by atoms with Gasteiger partial charge in [-0.3, -0.25) is 4.79 Å². The molecule has 0 heterocycles. The fraction of sp³-hybridized carbons (Fsp3) is 0.556. The predicted molar refractivity (Wildman–Crippen MR) is 49.3 cm³/mol. The summed E-state index contributed by atoms with van der Waals surface area (Å²) in [6.07, 6.45) is 3.66. The Balaban J connectivity index is 3.87. The number of hydrogen-bond acceptors (Lipinski definition) is 2. The highest BCUT2D eigenvalue weighted by molar-refractivity contribution is 5.81. The smallest absolute Gasteiger partial charge is 0.326 e. The summed E-state index contributed by atoms with van der Waals surface area (Å²) in [6, 6.07) is -0.766. The summed E-state index contributed by atoms with van der Waals surface area (Å²) in [4.78, 5) is 21.2. The molecule has 0 rings (SSSR count). The number of rotatable bonds is 6. The third-order valence-electron chi connectivity index (χ3n) is 1.58. The van der Waals surface area contributed by atoms with Crippen LogP contribution in [-0.2, 0) is 9.59 Å². The monoisotopic (exact) mass is 185 g/mol. The molecule has 13 heavy (non-hydrogen) atoms. The van der Waals surface area contributed by atoms with Crippen LogP contribution >= 0.6 is 0 Å². The van der Waals surface area contributed by atoms with Gasteiger partial charge in [0.15, 0.2) is 0 Å². The highest BCUT2D eigenvalue weighted by Crippen LogP contribution is 2.01. The number of hydrogen-bond donors (Lipinski definition) is 2. The Kier molecular flexibility index (Phi) is 5.59. The second kappa shape index (κ2) is 6.22. The van der Waals surface area contributed by atoms with Gasteiger partial charge >= 0.3 is 5.97 Å². The number of carbonyl (C=O) groups is 2. The summed E-state index contributed by atoms with van der Waals surface area (Å²) in [5, 5.41) is 11.0. The lowest BCUT2D eigenvalue weighted by Crippen LogP contribution is -2.39. The van der Waals surface area contributed by atoms with E-state index >= 15 is 0 Å². The summed E-state index contributed by atoms with van der Waals surface area (Å²) < 4.78 is 0. The first-order valence-electron chi connectivity index (χ1n) is 4.18. The highest BCUT2D eigenvalue weighted by atomic mass is 16.4. The number of allylic oxidation sites excluding steroid dienone is 1. The molecule has 1 atom stereocenters. The molecular weight excluding hydrogens is 170 g/mol. The van der Waals surface area contributed by atoms with Gasteiger partial charge in [-0.15, -0.1) is 6.58 Å². The minimum absolute atomic E-state index is 0.314. The quantitative estimate of drug-likeness (QED) is 0.478. The number of carboxylic acid groups (broad SMARTS) is 1. The normalized spacial score (nSPS) is 11.8. The van der Waals surface area contributed by atoms with Gasteiger partial charge in [-0.2, -0.15) is 0 Å². The van der Waals surface area contributed by atoms with E-state index in [2.05, 4.69) is 11.9 Å². The van der Waals surface area contributed by atoms with Crippen molar-refractivity contribution in [2.75, 3.05) is 0 Å². The Labute approximate surface area is 77.6 Å². The fourth-order valence-electron chi connectivity index (χ4n) is 0.969. The molecular formula is C9H15NO3. The Morgan fingerprint density at radius 1 is 1.62 bits per heavy atom. The lowest BCUT2D eigenvalue weighted by atomic mass is 10.1. The zero-order valence-electron chi connectivity index (χ0n) is 7.75. The molecule has 0 aromatic heterocycles. The molecule has 0 aliphatic rings. The molecule has 4 heteroatoms. The largest absolute Gasteiger partial charge is 0.480 e. The summed E-state index contributed by atoms with van der Waals surface area (Å²) in [6.45, 7) is 4.84. The van der Waals surface area contributed by atoms with Crippen molar-refractivity contribution in [1.82, 2.24) is 5.32 Å². The summed E-state index contributed by atoms with van der Waals surface area (Å²) >= 11 is 0. The van der Waals surface area contributed by atoms with Gasteiger partial charge in [-0.05, 0) is 19.3 Å². The minimum Gasteiger partial charge on any atom is -0.480 e. The van der Waals surface area contributed by atoms with E-state index in [9.17, 15) is 9.59 Å². The third-order valence-corrected chi connectivity index (χ3v) is 1.58. The topological polar surface area (TPSA) is 66.4 Å². The Morgan fingerprint density at radius 2 is 2.23 bits per heavy atom. The van der Waals surface area contributed by atoms with Gasteiger partial charge in [0, 0.05) is 6.92 Å². The second-order valence-corrected chi connectivity index (χ2v) is 2.81. The van der Waals surface area contributed by atoms with Crippen LogP contribution in [0, 0.1) is 0 Å². The van der Waals surface area contributed by atoms with Gasteiger partial charge in [-0.25, -0.2) is 4.79 Å². The second-order valence-electron chi connectivity index (χ2n) is 2.81. The van der Waals surface area contributed by atoms with Crippen LogP contribution in [0.5, 0.6) is 0 Å². The summed E-state index contributed by atoms with van der Waals surface area (Å²) in [7, 11) is 0. The van der Waals surface area contributed by atoms with Crippen LogP contribution in [0.1, 0.15) is 26.2 Å². The van der Waals surface area contributed by atoms with Gasteiger partial charge in [0.05, 0.1) is 0 Å². The minimum atomic E-state index is -0.987. The summed E-state index contributed by atoms with van der Waals surface area (Å²) in [5.74, 6) is -1.30. The van der Waals surface area contributed by atoms with Crippen molar-refractivity contribution < 1.29 is 14.7 Å². The number of carbonyl (C=O) groups excluding carboxylic acids is 1.